The molecule has 2 aromatic carbocycles. The van der Waals surface area contributed by atoms with Crippen LogP contribution < -0.4 is 5.32 Å². The van der Waals surface area contributed by atoms with Gasteiger partial charge in [0.25, 0.3) is 5.69 Å². The van der Waals surface area contributed by atoms with Crippen molar-refractivity contribution in [2.45, 2.75) is 24.2 Å². The summed E-state index contributed by atoms with van der Waals surface area (Å²) in [5.74, 6) is 0. The van der Waals surface area contributed by atoms with E-state index >= 15 is 0 Å². The highest BCUT2D eigenvalue weighted by Crippen LogP contribution is 2.30. The summed E-state index contributed by atoms with van der Waals surface area (Å²) in [7, 11) is -3.71. The number of anilines is 1. The third kappa shape index (κ3) is 3.99. The predicted molar refractivity (Wildman–Crippen MR) is 115 cm³/mol. The third-order valence-electron chi connectivity index (χ3n) is 5.29. The molecule has 156 valence electrons. The first kappa shape index (κ1) is 20.2. The molecule has 2 heterocycles. The molecule has 0 amide bonds. The molecule has 1 aliphatic heterocycles. The number of aromatic nitrogens is 1. The van der Waals surface area contributed by atoms with Crippen LogP contribution in [0.4, 0.5) is 11.4 Å². The number of hydrogen-bond acceptors (Lipinski definition) is 6. The molecular weight excluding hydrogens is 404 g/mol. The van der Waals surface area contributed by atoms with Gasteiger partial charge >= 0.3 is 0 Å². The number of sulfonamides is 1. The van der Waals surface area contributed by atoms with E-state index in [0.717, 1.165) is 35.4 Å². The fraction of sp³-hybridized carbons (Fsp3) is 0.286. The van der Waals surface area contributed by atoms with Crippen molar-refractivity contribution in [1.82, 2.24) is 9.29 Å². The zero-order chi connectivity index (χ0) is 21.1. The van der Waals surface area contributed by atoms with Gasteiger partial charge in [-0.05, 0) is 43.0 Å². The van der Waals surface area contributed by atoms with Gasteiger partial charge in [0.2, 0.25) is 10.0 Å². The van der Waals surface area contributed by atoms with Crippen molar-refractivity contribution in [3.63, 3.8) is 0 Å². The van der Waals surface area contributed by atoms with Crippen LogP contribution in [0.3, 0.4) is 0 Å². The number of rotatable bonds is 7. The molecule has 3 aromatic rings. The minimum atomic E-state index is -3.71. The predicted octanol–water partition coefficient (Wildman–Crippen LogP) is 3.58. The van der Waals surface area contributed by atoms with Crippen molar-refractivity contribution in [1.29, 1.82) is 0 Å². The normalized spacial score (nSPS) is 14.8. The first-order valence-electron chi connectivity index (χ1n) is 9.82. The van der Waals surface area contributed by atoms with Crippen LogP contribution in [0, 0.1) is 10.1 Å². The molecule has 1 N–H and O–H groups in total. The summed E-state index contributed by atoms with van der Waals surface area (Å²) in [6.45, 7) is 1.36. The molecule has 0 radical (unpaired) electrons. The first-order chi connectivity index (χ1) is 14.5. The zero-order valence-electron chi connectivity index (χ0n) is 16.3. The average molecular weight is 426 g/mol. The molecule has 30 heavy (non-hydrogen) atoms. The lowest BCUT2D eigenvalue weighted by Crippen LogP contribution is -2.27. The van der Waals surface area contributed by atoms with Crippen molar-refractivity contribution >= 4 is 32.3 Å². The number of nitrogens with one attached hydrogen (secondary N) is 1. The number of benzene rings is 2. The zero-order valence-corrected chi connectivity index (χ0v) is 17.1. The van der Waals surface area contributed by atoms with Crippen LogP contribution in [0.25, 0.3) is 10.9 Å². The number of pyridine rings is 1. The van der Waals surface area contributed by atoms with Gasteiger partial charge in [-0.1, -0.05) is 24.3 Å². The van der Waals surface area contributed by atoms with Gasteiger partial charge in [-0.15, -0.1) is 0 Å². The van der Waals surface area contributed by atoms with Crippen LogP contribution in [-0.2, 0) is 16.4 Å². The SMILES string of the molecule is O=[N+]([O-])c1cc(S(=O)(=O)N2CCCC2)ccc1NCCc1cccc2cccnc12. The Labute approximate surface area is 174 Å². The number of nitro groups is 1. The van der Waals surface area contributed by atoms with Gasteiger partial charge in [0.15, 0.2) is 0 Å². The van der Waals surface area contributed by atoms with Crippen molar-refractivity contribution in [3.05, 3.63) is 70.4 Å². The lowest BCUT2D eigenvalue weighted by molar-refractivity contribution is -0.384. The van der Waals surface area contributed by atoms with E-state index in [2.05, 4.69) is 10.3 Å². The summed E-state index contributed by atoms with van der Waals surface area (Å²) < 4.78 is 26.8. The van der Waals surface area contributed by atoms with E-state index in [1.54, 1.807) is 6.20 Å². The Balaban J connectivity index is 1.53. The van der Waals surface area contributed by atoms with Crippen LogP contribution in [0.2, 0.25) is 0 Å². The van der Waals surface area contributed by atoms with Gasteiger partial charge in [-0.2, -0.15) is 4.31 Å². The molecule has 0 atom stereocenters. The quantitative estimate of drug-likeness (QED) is 0.457. The van der Waals surface area contributed by atoms with E-state index in [-0.39, 0.29) is 10.6 Å². The number of nitro benzene ring substituents is 1. The van der Waals surface area contributed by atoms with Gasteiger partial charge in [0.1, 0.15) is 5.69 Å². The van der Waals surface area contributed by atoms with Crippen molar-refractivity contribution in [2.24, 2.45) is 0 Å². The van der Waals surface area contributed by atoms with E-state index in [0.29, 0.717) is 31.7 Å². The second-order valence-electron chi connectivity index (χ2n) is 7.22. The molecule has 1 saturated heterocycles. The molecule has 0 aliphatic carbocycles. The minimum absolute atomic E-state index is 0.0418. The van der Waals surface area contributed by atoms with Gasteiger partial charge < -0.3 is 5.32 Å². The van der Waals surface area contributed by atoms with Gasteiger partial charge in [0.05, 0.1) is 15.3 Å². The minimum Gasteiger partial charge on any atom is -0.379 e. The molecule has 0 unspecified atom stereocenters. The van der Waals surface area contributed by atoms with Crippen LogP contribution in [-0.4, -0.2) is 42.3 Å². The number of fused-ring (bicyclic) bond motifs is 1. The summed E-state index contributed by atoms with van der Waals surface area (Å²) in [5, 5.41) is 15.7. The maximum absolute atomic E-state index is 12.7. The van der Waals surface area contributed by atoms with E-state index in [9.17, 15) is 18.5 Å². The lowest BCUT2D eigenvalue weighted by atomic mass is 10.1. The molecule has 4 rings (SSSR count). The molecule has 0 bridgehead atoms. The highest BCUT2D eigenvalue weighted by molar-refractivity contribution is 7.89. The molecule has 8 nitrogen and oxygen atoms in total. The standard InChI is InChI=1S/C21H22N4O4S/c26-25(27)20-15-18(30(28,29)24-13-1-2-14-24)8-9-19(20)22-12-10-17-6-3-5-16-7-4-11-23-21(16)17/h3-9,11,15,22H,1-2,10,12-14H2. The van der Waals surface area contributed by atoms with Crippen molar-refractivity contribution in [3.8, 4) is 0 Å². The van der Waals surface area contributed by atoms with Crippen LogP contribution in [0.5, 0.6) is 0 Å². The number of para-hydroxylation sites is 1. The monoisotopic (exact) mass is 426 g/mol. The number of nitrogens with zero attached hydrogens (tertiary/aromatic N) is 3. The smallest absolute Gasteiger partial charge is 0.293 e. The second kappa shape index (κ2) is 8.37. The summed E-state index contributed by atoms with van der Waals surface area (Å²) in [4.78, 5) is 15.4. The maximum atomic E-state index is 12.7. The van der Waals surface area contributed by atoms with Crippen LogP contribution in [0.15, 0.2) is 59.6 Å². The largest absolute Gasteiger partial charge is 0.379 e. The summed E-state index contributed by atoms with van der Waals surface area (Å²) in [6.07, 6.45) is 3.98. The molecule has 9 heteroatoms. The highest BCUT2D eigenvalue weighted by Gasteiger charge is 2.29. The fourth-order valence-electron chi connectivity index (χ4n) is 3.75. The number of hydrogen-bond donors (Lipinski definition) is 1. The first-order valence-corrected chi connectivity index (χ1v) is 11.3. The Bertz CT molecular complexity index is 1190. The van der Waals surface area contributed by atoms with Gasteiger partial charge in [-0.25, -0.2) is 8.42 Å². The van der Waals surface area contributed by atoms with E-state index < -0.39 is 14.9 Å². The fourth-order valence-corrected chi connectivity index (χ4v) is 5.29. The van der Waals surface area contributed by atoms with Crippen molar-refractivity contribution < 1.29 is 13.3 Å². The molecule has 0 saturated carbocycles. The summed E-state index contributed by atoms with van der Waals surface area (Å²) >= 11 is 0. The molecule has 1 aliphatic rings. The molecule has 1 fully saturated rings. The Morgan fingerprint density at radius 3 is 2.63 bits per heavy atom. The highest BCUT2D eigenvalue weighted by atomic mass is 32.2. The third-order valence-corrected chi connectivity index (χ3v) is 7.19. The Kier molecular flexibility index (Phi) is 5.65. The Hall–Kier alpha value is -3.04. The molecule has 1 aromatic heterocycles. The molecular formula is C21H22N4O4S. The molecule has 0 spiro atoms. The van der Waals surface area contributed by atoms with Crippen molar-refractivity contribution in [2.75, 3.05) is 25.0 Å². The lowest BCUT2D eigenvalue weighted by Gasteiger charge is -2.16. The summed E-state index contributed by atoms with van der Waals surface area (Å²) in [6, 6.07) is 13.9. The topological polar surface area (TPSA) is 105 Å². The second-order valence-corrected chi connectivity index (χ2v) is 9.15. The Morgan fingerprint density at radius 1 is 1.10 bits per heavy atom. The average Bonchev–Trinajstić information content (AvgIpc) is 3.30. The van der Waals surface area contributed by atoms with Crippen LogP contribution >= 0.6 is 0 Å². The van der Waals surface area contributed by atoms with E-state index in [4.69, 9.17) is 0 Å². The van der Waals surface area contributed by atoms with Gasteiger partial charge in [-0.3, -0.25) is 15.1 Å². The summed E-state index contributed by atoms with van der Waals surface area (Å²) in [5.41, 5.74) is 2.00. The van der Waals surface area contributed by atoms with E-state index in [1.807, 2.05) is 30.3 Å². The van der Waals surface area contributed by atoms with Gasteiger partial charge in [0, 0.05) is 37.3 Å². The van der Waals surface area contributed by atoms with Crippen LogP contribution in [0.1, 0.15) is 18.4 Å². The van der Waals surface area contributed by atoms with E-state index in [1.165, 1.54) is 16.4 Å². The maximum Gasteiger partial charge on any atom is 0.293 e. The Morgan fingerprint density at radius 2 is 1.87 bits per heavy atom.